The number of amides is 2. The summed E-state index contributed by atoms with van der Waals surface area (Å²) in [6.45, 7) is 3.34. The number of hydrogen-bond donors (Lipinski definition) is 0. The van der Waals surface area contributed by atoms with Gasteiger partial charge in [0.2, 0.25) is 11.8 Å². The predicted octanol–water partition coefficient (Wildman–Crippen LogP) is 3.90. The molecule has 4 nitrogen and oxygen atoms in total. The first kappa shape index (κ1) is 19.5. The Morgan fingerprint density at radius 3 is 2.18 bits per heavy atom. The van der Waals surface area contributed by atoms with E-state index in [2.05, 4.69) is 30.3 Å². The van der Waals surface area contributed by atoms with E-state index in [9.17, 15) is 9.59 Å². The van der Waals surface area contributed by atoms with E-state index in [0.717, 1.165) is 57.8 Å². The summed E-state index contributed by atoms with van der Waals surface area (Å²) < 4.78 is 0. The highest BCUT2D eigenvalue weighted by Gasteiger charge is 2.34. The third kappa shape index (κ3) is 4.76. The Morgan fingerprint density at radius 1 is 0.786 bits per heavy atom. The van der Waals surface area contributed by atoms with Crippen LogP contribution in [0.15, 0.2) is 30.3 Å². The quantitative estimate of drug-likeness (QED) is 0.741. The normalized spacial score (nSPS) is 26.0. The number of hydrogen-bond acceptors (Lipinski definition) is 2. The summed E-state index contributed by atoms with van der Waals surface area (Å²) in [5, 5.41) is 0. The fraction of sp³-hybridized carbons (Fsp3) is 0.667. The molecule has 0 spiro atoms. The summed E-state index contributed by atoms with van der Waals surface area (Å²) in [5.74, 6) is 2.23. The first-order valence-corrected chi connectivity index (χ1v) is 11.3. The molecule has 2 saturated heterocycles. The van der Waals surface area contributed by atoms with Gasteiger partial charge in [0.15, 0.2) is 0 Å². The van der Waals surface area contributed by atoms with E-state index in [4.69, 9.17) is 0 Å². The molecule has 4 rings (SSSR count). The van der Waals surface area contributed by atoms with Gasteiger partial charge in [-0.05, 0) is 55.4 Å². The smallest absolute Gasteiger partial charge is 0.232 e. The standard InChI is InChI=1S/C24H34N2O2/c27-23(17-24(28)26-15-12-21-8-4-5-9-22(21)18-26)25-13-10-20(11-14-25)16-19-6-2-1-3-7-19/h1-3,6-7,20-22H,4-5,8-18H2. The Labute approximate surface area is 169 Å². The van der Waals surface area contributed by atoms with Crippen LogP contribution < -0.4 is 0 Å². The first-order valence-electron chi connectivity index (χ1n) is 11.3. The van der Waals surface area contributed by atoms with Crippen LogP contribution in [0.2, 0.25) is 0 Å². The highest BCUT2D eigenvalue weighted by atomic mass is 16.2. The van der Waals surface area contributed by atoms with Crippen LogP contribution in [0.25, 0.3) is 0 Å². The number of carbonyl (C=O) groups excluding carboxylic acids is 2. The second-order valence-corrected chi connectivity index (χ2v) is 9.12. The van der Waals surface area contributed by atoms with Crippen molar-refractivity contribution in [1.82, 2.24) is 9.80 Å². The Kier molecular flexibility index (Phi) is 6.33. The lowest BCUT2D eigenvalue weighted by Crippen LogP contribution is -2.47. The molecule has 1 aliphatic carbocycles. The number of nitrogens with zero attached hydrogens (tertiary/aromatic N) is 2. The molecule has 0 bridgehead atoms. The van der Waals surface area contributed by atoms with Crippen molar-refractivity contribution in [3.63, 3.8) is 0 Å². The van der Waals surface area contributed by atoms with Crippen LogP contribution in [0.1, 0.15) is 56.9 Å². The molecule has 0 radical (unpaired) electrons. The van der Waals surface area contributed by atoms with E-state index in [-0.39, 0.29) is 18.2 Å². The summed E-state index contributed by atoms with van der Waals surface area (Å²) in [6, 6.07) is 10.6. The van der Waals surface area contributed by atoms with Crippen molar-refractivity contribution in [2.24, 2.45) is 17.8 Å². The molecule has 3 aliphatic rings. The van der Waals surface area contributed by atoms with Gasteiger partial charge in [-0.25, -0.2) is 0 Å². The van der Waals surface area contributed by atoms with Gasteiger partial charge in [-0.1, -0.05) is 49.6 Å². The van der Waals surface area contributed by atoms with Crippen LogP contribution in [0.4, 0.5) is 0 Å². The van der Waals surface area contributed by atoms with Gasteiger partial charge >= 0.3 is 0 Å². The van der Waals surface area contributed by atoms with Gasteiger partial charge in [-0.15, -0.1) is 0 Å². The average Bonchev–Trinajstić information content (AvgIpc) is 2.74. The molecule has 0 aromatic heterocycles. The molecule has 28 heavy (non-hydrogen) atoms. The maximum Gasteiger partial charge on any atom is 0.232 e. The molecule has 4 heteroatoms. The fourth-order valence-corrected chi connectivity index (χ4v) is 5.51. The van der Waals surface area contributed by atoms with E-state index in [1.807, 2.05) is 9.80 Å². The average molecular weight is 383 g/mol. The Bertz CT molecular complexity index is 666. The van der Waals surface area contributed by atoms with Crippen LogP contribution in [0, 0.1) is 17.8 Å². The van der Waals surface area contributed by atoms with Crippen LogP contribution in [0.3, 0.4) is 0 Å². The third-order valence-corrected chi connectivity index (χ3v) is 7.28. The van der Waals surface area contributed by atoms with Crippen LogP contribution >= 0.6 is 0 Å². The lowest BCUT2D eigenvalue weighted by molar-refractivity contribution is -0.143. The summed E-state index contributed by atoms with van der Waals surface area (Å²) >= 11 is 0. The van der Waals surface area contributed by atoms with Gasteiger partial charge in [0.25, 0.3) is 0 Å². The first-order chi connectivity index (χ1) is 13.7. The zero-order valence-corrected chi connectivity index (χ0v) is 17.0. The Morgan fingerprint density at radius 2 is 1.43 bits per heavy atom. The van der Waals surface area contributed by atoms with E-state index in [1.165, 1.54) is 31.2 Å². The minimum Gasteiger partial charge on any atom is -0.342 e. The molecular formula is C24H34N2O2. The van der Waals surface area contributed by atoms with Gasteiger partial charge in [-0.3, -0.25) is 9.59 Å². The second-order valence-electron chi connectivity index (χ2n) is 9.12. The SMILES string of the molecule is O=C(CC(=O)N1CCC2CCCCC2C1)N1CCC(Cc2ccccc2)CC1. The minimum absolute atomic E-state index is 0.0360. The number of carbonyl (C=O) groups is 2. The molecule has 2 aliphatic heterocycles. The number of piperidine rings is 2. The molecule has 1 aromatic carbocycles. The zero-order chi connectivity index (χ0) is 19.3. The maximum atomic E-state index is 12.7. The van der Waals surface area contributed by atoms with E-state index in [1.54, 1.807) is 0 Å². The van der Waals surface area contributed by atoms with Gasteiger partial charge in [-0.2, -0.15) is 0 Å². The molecule has 1 saturated carbocycles. The van der Waals surface area contributed by atoms with Crippen molar-refractivity contribution < 1.29 is 9.59 Å². The predicted molar refractivity (Wildman–Crippen MR) is 111 cm³/mol. The molecule has 2 unspecified atom stereocenters. The molecule has 0 N–H and O–H groups in total. The summed E-state index contributed by atoms with van der Waals surface area (Å²) in [5.41, 5.74) is 1.38. The molecule has 2 atom stereocenters. The summed E-state index contributed by atoms with van der Waals surface area (Å²) in [6.07, 6.45) is 9.65. The third-order valence-electron chi connectivity index (χ3n) is 7.28. The zero-order valence-electron chi connectivity index (χ0n) is 17.0. The highest BCUT2D eigenvalue weighted by Crippen LogP contribution is 2.36. The van der Waals surface area contributed by atoms with E-state index in [0.29, 0.717) is 11.8 Å². The lowest BCUT2D eigenvalue weighted by atomic mass is 9.75. The van der Waals surface area contributed by atoms with Crippen molar-refractivity contribution >= 4 is 11.8 Å². The molecule has 2 amide bonds. The van der Waals surface area contributed by atoms with Crippen molar-refractivity contribution in [3.8, 4) is 0 Å². The fourth-order valence-electron chi connectivity index (χ4n) is 5.51. The number of fused-ring (bicyclic) bond motifs is 1. The minimum atomic E-state index is 0.0360. The Hall–Kier alpha value is -1.84. The Balaban J connectivity index is 1.21. The van der Waals surface area contributed by atoms with Crippen LogP contribution in [-0.2, 0) is 16.0 Å². The maximum absolute atomic E-state index is 12.7. The number of likely N-dealkylation sites (tertiary alicyclic amines) is 2. The summed E-state index contributed by atoms with van der Waals surface area (Å²) in [7, 11) is 0. The largest absolute Gasteiger partial charge is 0.342 e. The van der Waals surface area contributed by atoms with Gasteiger partial charge in [0.05, 0.1) is 0 Å². The molecule has 152 valence electrons. The number of benzene rings is 1. The topological polar surface area (TPSA) is 40.6 Å². The highest BCUT2D eigenvalue weighted by molar-refractivity contribution is 5.97. The molecule has 3 fully saturated rings. The van der Waals surface area contributed by atoms with E-state index < -0.39 is 0 Å². The van der Waals surface area contributed by atoms with Crippen LogP contribution in [0.5, 0.6) is 0 Å². The molecule has 2 heterocycles. The van der Waals surface area contributed by atoms with Crippen molar-refractivity contribution in [2.45, 2.75) is 57.8 Å². The summed E-state index contributed by atoms with van der Waals surface area (Å²) in [4.78, 5) is 29.3. The monoisotopic (exact) mass is 382 g/mol. The lowest BCUT2D eigenvalue weighted by Gasteiger charge is -2.41. The van der Waals surface area contributed by atoms with Gasteiger partial charge < -0.3 is 9.80 Å². The van der Waals surface area contributed by atoms with Crippen LogP contribution in [-0.4, -0.2) is 47.8 Å². The van der Waals surface area contributed by atoms with E-state index >= 15 is 0 Å². The molecule has 1 aromatic rings. The number of rotatable bonds is 4. The molecular weight excluding hydrogens is 348 g/mol. The van der Waals surface area contributed by atoms with Gasteiger partial charge in [0.1, 0.15) is 6.42 Å². The van der Waals surface area contributed by atoms with Crippen molar-refractivity contribution in [3.05, 3.63) is 35.9 Å². The van der Waals surface area contributed by atoms with Crippen molar-refractivity contribution in [1.29, 1.82) is 0 Å². The van der Waals surface area contributed by atoms with Gasteiger partial charge in [0, 0.05) is 26.2 Å². The van der Waals surface area contributed by atoms with Crippen molar-refractivity contribution in [2.75, 3.05) is 26.2 Å². The second kappa shape index (κ2) is 9.11.